The zero-order valence-corrected chi connectivity index (χ0v) is 11.2. The Morgan fingerprint density at radius 3 is 2.60 bits per heavy atom. The van der Waals surface area contributed by atoms with E-state index in [-0.39, 0.29) is 5.82 Å². The number of carboxylic acid groups (broad SMARTS) is 1. The fourth-order valence-corrected chi connectivity index (χ4v) is 1.49. The molecule has 0 heterocycles. The van der Waals surface area contributed by atoms with Crippen molar-refractivity contribution in [3.8, 4) is 0 Å². The topological polar surface area (TPSA) is 98.7 Å². The van der Waals surface area contributed by atoms with Crippen LogP contribution in [0.2, 0.25) is 0 Å². The van der Waals surface area contributed by atoms with Crippen LogP contribution in [-0.2, 0) is 4.79 Å². The number of halogens is 1. The van der Waals surface area contributed by atoms with Crippen LogP contribution in [0.25, 0.3) is 0 Å². The van der Waals surface area contributed by atoms with Gasteiger partial charge in [0.1, 0.15) is 5.82 Å². The summed E-state index contributed by atoms with van der Waals surface area (Å²) in [5, 5.41) is 22.2. The van der Waals surface area contributed by atoms with E-state index in [2.05, 4.69) is 10.6 Å². The first kappa shape index (κ1) is 15.9. The summed E-state index contributed by atoms with van der Waals surface area (Å²) in [5.41, 5.74) is 1.09. The van der Waals surface area contributed by atoms with E-state index in [1.54, 1.807) is 26.0 Å². The van der Waals surface area contributed by atoms with Crippen molar-refractivity contribution in [3.05, 3.63) is 35.1 Å². The van der Waals surface area contributed by atoms with Crippen LogP contribution in [0.3, 0.4) is 0 Å². The van der Waals surface area contributed by atoms with E-state index in [1.807, 2.05) is 0 Å². The van der Waals surface area contributed by atoms with Crippen LogP contribution in [0.4, 0.5) is 9.18 Å². The molecular weight excluding hydrogens is 267 g/mol. The van der Waals surface area contributed by atoms with Gasteiger partial charge in [0.05, 0.1) is 12.6 Å². The number of hydrogen-bond acceptors (Lipinski definition) is 3. The van der Waals surface area contributed by atoms with Crippen molar-refractivity contribution in [1.29, 1.82) is 0 Å². The van der Waals surface area contributed by atoms with Crippen molar-refractivity contribution >= 4 is 12.0 Å². The third kappa shape index (κ3) is 4.51. The highest BCUT2D eigenvalue weighted by Crippen LogP contribution is 2.15. The van der Waals surface area contributed by atoms with Crippen molar-refractivity contribution < 1.29 is 24.2 Å². The highest BCUT2D eigenvalue weighted by molar-refractivity contribution is 5.76. The van der Waals surface area contributed by atoms with E-state index in [4.69, 9.17) is 10.2 Å². The van der Waals surface area contributed by atoms with Gasteiger partial charge in [0.2, 0.25) is 0 Å². The molecule has 6 nitrogen and oxygen atoms in total. The van der Waals surface area contributed by atoms with Gasteiger partial charge >= 0.3 is 12.0 Å². The standard InChI is InChI=1S/C13H17FN2O4/c1-7-3-4-9(5-10(7)14)8(2)16-13(20)15-6-11(17)12(18)19/h3-5,8,11,17H,6H2,1-2H3,(H,18,19)(H2,15,16,20). The minimum atomic E-state index is -1.66. The molecule has 1 aromatic rings. The van der Waals surface area contributed by atoms with Gasteiger partial charge in [-0.15, -0.1) is 0 Å². The lowest BCUT2D eigenvalue weighted by Gasteiger charge is -2.16. The Morgan fingerprint density at radius 1 is 1.40 bits per heavy atom. The molecule has 1 aromatic carbocycles. The number of aliphatic hydroxyl groups excluding tert-OH is 1. The van der Waals surface area contributed by atoms with Gasteiger partial charge in [0.15, 0.2) is 6.10 Å². The molecule has 0 aromatic heterocycles. The van der Waals surface area contributed by atoms with E-state index in [0.717, 1.165) is 0 Å². The van der Waals surface area contributed by atoms with Gasteiger partial charge in [0, 0.05) is 0 Å². The van der Waals surface area contributed by atoms with Crippen molar-refractivity contribution in [2.75, 3.05) is 6.54 Å². The molecular formula is C13H17FN2O4. The quantitative estimate of drug-likeness (QED) is 0.646. The second-order valence-corrected chi connectivity index (χ2v) is 4.44. The van der Waals surface area contributed by atoms with Crippen LogP contribution in [0.1, 0.15) is 24.1 Å². The summed E-state index contributed by atoms with van der Waals surface area (Å²) in [7, 11) is 0. The minimum Gasteiger partial charge on any atom is -0.479 e. The molecule has 1 rings (SSSR count). The molecule has 0 spiro atoms. The highest BCUT2D eigenvalue weighted by atomic mass is 19.1. The van der Waals surface area contributed by atoms with Crippen LogP contribution < -0.4 is 10.6 Å². The summed E-state index contributed by atoms with van der Waals surface area (Å²) in [5.74, 6) is -1.78. The van der Waals surface area contributed by atoms with Gasteiger partial charge in [0.25, 0.3) is 0 Å². The number of urea groups is 1. The fourth-order valence-electron chi connectivity index (χ4n) is 1.49. The summed E-state index contributed by atoms with van der Waals surface area (Å²) in [6, 6.07) is 3.53. The normalized spacial score (nSPS) is 13.4. The Morgan fingerprint density at radius 2 is 2.05 bits per heavy atom. The van der Waals surface area contributed by atoms with Crippen molar-refractivity contribution in [2.24, 2.45) is 0 Å². The smallest absolute Gasteiger partial charge is 0.334 e. The SMILES string of the molecule is Cc1ccc(C(C)NC(=O)NCC(O)C(=O)O)cc1F. The number of carboxylic acids is 1. The lowest BCUT2D eigenvalue weighted by atomic mass is 10.1. The predicted molar refractivity (Wildman–Crippen MR) is 69.7 cm³/mol. The molecule has 0 radical (unpaired) electrons. The average Bonchev–Trinajstić information content (AvgIpc) is 2.38. The average molecular weight is 284 g/mol. The maximum atomic E-state index is 13.4. The molecule has 2 amide bonds. The Kier molecular flexibility index (Phi) is 5.45. The van der Waals surface area contributed by atoms with Crippen LogP contribution in [0, 0.1) is 12.7 Å². The number of aliphatic carboxylic acids is 1. The summed E-state index contributed by atoms with van der Waals surface area (Å²) in [6.45, 7) is 2.89. The summed E-state index contributed by atoms with van der Waals surface area (Å²) in [4.78, 5) is 21.8. The second kappa shape index (κ2) is 6.85. The minimum absolute atomic E-state index is 0.363. The predicted octanol–water partition coefficient (Wildman–Crippen LogP) is 0.940. The van der Waals surface area contributed by atoms with Crippen LogP contribution in [0.5, 0.6) is 0 Å². The molecule has 0 bridgehead atoms. The van der Waals surface area contributed by atoms with Gasteiger partial charge in [-0.25, -0.2) is 14.0 Å². The Hall–Kier alpha value is -2.15. The number of aliphatic hydroxyl groups is 1. The molecule has 0 saturated carbocycles. The van der Waals surface area contributed by atoms with Gasteiger partial charge < -0.3 is 20.8 Å². The molecule has 0 saturated heterocycles. The molecule has 2 unspecified atom stereocenters. The van der Waals surface area contributed by atoms with E-state index in [9.17, 15) is 14.0 Å². The number of rotatable bonds is 5. The van der Waals surface area contributed by atoms with E-state index in [0.29, 0.717) is 11.1 Å². The maximum absolute atomic E-state index is 13.4. The lowest BCUT2D eigenvalue weighted by Crippen LogP contribution is -2.42. The first-order chi connectivity index (χ1) is 9.31. The first-order valence-electron chi connectivity index (χ1n) is 6.02. The third-order valence-corrected chi connectivity index (χ3v) is 2.78. The van der Waals surface area contributed by atoms with Gasteiger partial charge in [-0.05, 0) is 31.0 Å². The molecule has 110 valence electrons. The summed E-state index contributed by atoms with van der Waals surface area (Å²) in [6.07, 6.45) is -1.66. The number of benzene rings is 1. The Balaban J connectivity index is 2.53. The molecule has 0 aliphatic heterocycles. The number of aryl methyl sites for hydroxylation is 1. The van der Waals surface area contributed by atoms with Gasteiger partial charge in [-0.3, -0.25) is 0 Å². The van der Waals surface area contributed by atoms with Crippen molar-refractivity contribution in [2.45, 2.75) is 26.0 Å². The number of carbonyl (C=O) groups excluding carboxylic acids is 1. The molecule has 4 N–H and O–H groups in total. The Bertz CT molecular complexity index is 507. The largest absolute Gasteiger partial charge is 0.479 e. The molecule has 0 aliphatic rings. The summed E-state index contributed by atoms with van der Waals surface area (Å²) >= 11 is 0. The van der Waals surface area contributed by atoms with E-state index in [1.165, 1.54) is 6.07 Å². The van der Waals surface area contributed by atoms with Crippen molar-refractivity contribution in [3.63, 3.8) is 0 Å². The number of amides is 2. The Labute approximate surface area is 115 Å². The van der Waals surface area contributed by atoms with Crippen LogP contribution in [0.15, 0.2) is 18.2 Å². The number of nitrogens with one attached hydrogen (secondary N) is 2. The zero-order valence-electron chi connectivity index (χ0n) is 11.2. The van der Waals surface area contributed by atoms with E-state index < -0.39 is 30.7 Å². The molecule has 0 aliphatic carbocycles. The zero-order chi connectivity index (χ0) is 15.3. The monoisotopic (exact) mass is 284 g/mol. The van der Waals surface area contributed by atoms with Crippen LogP contribution in [-0.4, -0.2) is 34.9 Å². The maximum Gasteiger partial charge on any atom is 0.334 e. The lowest BCUT2D eigenvalue weighted by molar-refractivity contribution is -0.146. The van der Waals surface area contributed by atoms with E-state index >= 15 is 0 Å². The number of carbonyl (C=O) groups is 2. The molecule has 0 fully saturated rings. The molecule has 20 heavy (non-hydrogen) atoms. The summed E-state index contributed by atoms with van der Waals surface area (Å²) < 4.78 is 13.4. The molecule has 2 atom stereocenters. The fraction of sp³-hybridized carbons (Fsp3) is 0.385. The van der Waals surface area contributed by atoms with Gasteiger partial charge in [-0.1, -0.05) is 12.1 Å². The van der Waals surface area contributed by atoms with Crippen LogP contribution >= 0.6 is 0 Å². The molecule has 7 heteroatoms. The van der Waals surface area contributed by atoms with Crippen molar-refractivity contribution in [1.82, 2.24) is 10.6 Å². The third-order valence-electron chi connectivity index (χ3n) is 2.78. The number of hydrogen-bond donors (Lipinski definition) is 4. The highest BCUT2D eigenvalue weighted by Gasteiger charge is 2.15. The second-order valence-electron chi connectivity index (χ2n) is 4.44. The van der Waals surface area contributed by atoms with Gasteiger partial charge in [-0.2, -0.15) is 0 Å². The first-order valence-corrected chi connectivity index (χ1v) is 6.02.